The fourth-order valence-corrected chi connectivity index (χ4v) is 2.04. The molecule has 0 bridgehead atoms. The minimum Gasteiger partial charge on any atom is -0.479 e. The molecule has 3 N–H and O–H groups in total. The molecule has 16 heavy (non-hydrogen) atoms. The predicted molar refractivity (Wildman–Crippen MR) is 55.2 cm³/mol. The number of hydrogen-bond acceptors (Lipinski definition) is 3. The maximum atomic E-state index is 11.3. The lowest BCUT2D eigenvalue weighted by atomic mass is 9.83. The van der Waals surface area contributed by atoms with Crippen LogP contribution in [-0.2, 0) is 4.79 Å². The second kappa shape index (κ2) is 4.52. The highest BCUT2D eigenvalue weighted by molar-refractivity contribution is 5.84. The molecule has 0 aliphatic carbocycles. The summed E-state index contributed by atoms with van der Waals surface area (Å²) in [7, 11) is 0. The summed E-state index contributed by atoms with van der Waals surface area (Å²) in [6.07, 6.45) is -0.314. The molecule has 6 heteroatoms. The van der Waals surface area contributed by atoms with Crippen molar-refractivity contribution in [2.45, 2.75) is 30.9 Å². The molecule has 0 aromatic rings. The van der Waals surface area contributed by atoms with Crippen LogP contribution in [0, 0.1) is 0 Å². The van der Waals surface area contributed by atoms with Crippen molar-refractivity contribution in [3.63, 3.8) is 0 Å². The van der Waals surface area contributed by atoms with Gasteiger partial charge < -0.3 is 15.3 Å². The molecule has 0 aromatic carbocycles. The number of nitrogens with zero attached hydrogens (tertiary/aromatic N) is 1. The van der Waals surface area contributed by atoms with E-state index < -0.39 is 23.7 Å². The number of aliphatic hydroxyl groups excluding tert-OH is 1. The zero-order valence-electron chi connectivity index (χ0n) is 8.80. The third kappa shape index (κ3) is 2.01. The molecule has 1 amide bonds. The number of likely N-dealkylation sites (tertiary alicyclic amines) is 1. The minimum atomic E-state index is -1.48. The first-order valence-corrected chi connectivity index (χ1v) is 4.97. The van der Waals surface area contributed by atoms with Gasteiger partial charge in [0.05, 0.1) is 12.6 Å². The Morgan fingerprint density at radius 3 is 2.56 bits per heavy atom. The first-order valence-electron chi connectivity index (χ1n) is 4.97. The van der Waals surface area contributed by atoms with E-state index >= 15 is 0 Å². The van der Waals surface area contributed by atoms with Crippen LogP contribution in [0.2, 0.25) is 0 Å². The molecular weight excluding hydrogens is 214 g/mol. The fourth-order valence-electron chi connectivity index (χ4n) is 2.04. The van der Waals surface area contributed by atoms with Gasteiger partial charge in [0.15, 0.2) is 0 Å². The number of carbonyl (C=O) groups is 2. The first-order chi connectivity index (χ1) is 7.44. The maximum Gasteiger partial charge on any atom is 0.408 e. The van der Waals surface area contributed by atoms with E-state index in [1.165, 1.54) is 6.08 Å². The molecule has 1 rings (SSSR count). The summed E-state index contributed by atoms with van der Waals surface area (Å²) in [6.45, 7) is 3.28. The monoisotopic (exact) mass is 229 g/mol. The molecule has 1 saturated heterocycles. The summed E-state index contributed by atoms with van der Waals surface area (Å²) >= 11 is 0. The molecule has 1 heterocycles. The summed E-state index contributed by atoms with van der Waals surface area (Å²) in [5.74, 6) is -1.19. The molecule has 90 valence electrons. The van der Waals surface area contributed by atoms with Crippen molar-refractivity contribution in [1.82, 2.24) is 4.90 Å². The van der Waals surface area contributed by atoms with Crippen LogP contribution in [0.3, 0.4) is 0 Å². The molecule has 1 fully saturated rings. The van der Waals surface area contributed by atoms with Crippen molar-refractivity contribution in [2.24, 2.45) is 0 Å². The maximum absolute atomic E-state index is 11.3. The van der Waals surface area contributed by atoms with Crippen molar-refractivity contribution < 1.29 is 24.9 Å². The van der Waals surface area contributed by atoms with Crippen LogP contribution in [0.25, 0.3) is 0 Å². The second-order valence-corrected chi connectivity index (χ2v) is 3.92. The molecule has 1 aliphatic heterocycles. The summed E-state index contributed by atoms with van der Waals surface area (Å²) < 4.78 is 0. The lowest BCUT2D eigenvalue weighted by molar-refractivity contribution is -0.154. The standard InChI is InChI=1S/C10H15NO5/c1-2-4-10(8(13)14)5-3-7(12)6-11(10)9(15)16/h2,7,12H,1,3-6H2,(H,13,14)(H,15,16). The number of carboxylic acids is 1. The van der Waals surface area contributed by atoms with Crippen molar-refractivity contribution >= 4 is 12.1 Å². The molecule has 6 nitrogen and oxygen atoms in total. The van der Waals surface area contributed by atoms with E-state index in [-0.39, 0.29) is 25.8 Å². The Balaban J connectivity index is 3.07. The lowest BCUT2D eigenvalue weighted by Gasteiger charge is -2.43. The van der Waals surface area contributed by atoms with E-state index in [1.807, 2.05) is 0 Å². The van der Waals surface area contributed by atoms with E-state index in [4.69, 9.17) is 5.11 Å². The number of amides is 1. The van der Waals surface area contributed by atoms with Crippen LogP contribution in [0.15, 0.2) is 12.7 Å². The van der Waals surface area contributed by atoms with Crippen LogP contribution in [-0.4, -0.2) is 50.5 Å². The Morgan fingerprint density at radius 2 is 2.12 bits per heavy atom. The van der Waals surface area contributed by atoms with Crippen molar-refractivity contribution in [3.8, 4) is 0 Å². The van der Waals surface area contributed by atoms with E-state index in [0.717, 1.165) is 4.90 Å². The van der Waals surface area contributed by atoms with Gasteiger partial charge in [0.1, 0.15) is 5.54 Å². The summed E-state index contributed by atoms with van der Waals surface area (Å²) in [6, 6.07) is 0. The lowest BCUT2D eigenvalue weighted by Crippen LogP contribution is -2.61. The van der Waals surface area contributed by atoms with Crippen molar-refractivity contribution in [2.75, 3.05) is 6.54 Å². The Morgan fingerprint density at radius 1 is 1.50 bits per heavy atom. The van der Waals surface area contributed by atoms with Gasteiger partial charge in [-0.2, -0.15) is 0 Å². The van der Waals surface area contributed by atoms with E-state index in [0.29, 0.717) is 0 Å². The SMILES string of the molecule is C=CCC1(C(=O)O)CCC(O)CN1C(=O)O. The second-order valence-electron chi connectivity index (χ2n) is 3.92. The molecule has 2 unspecified atom stereocenters. The Hall–Kier alpha value is -1.56. The highest BCUT2D eigenvalue weighted by Crippen LogP contribution is 2.32. The Bertz CT molecular complexity index is 316. The number of β-amino-alcohol motifs (C(OH)–C–C–N with tert-alkyl or cyclic N) is 1. The van der Waals surface area contributed by atoms with Gasteiger partial charge in [-0.1, -0.05) is 6.08 Å². The third-order valence-corrected chi connectivity index (χ3v) is 2.91. The molecule has 0 spiro atoms. The third-order valence-electron chi connectivity index (χ3n) is 2.91. The molecule has 0 saturated carbocycles. The van der Waals surface area contributed by atoms with Gasteiger partial charge in [0.2, 0.25) is 0 Å². The first kappa shape index (κ1) is 12.5. The fraction of sp³-hybridized carbons (Fsp3) is 0.600. The van der Waals surface area contributed by atoms with Crippen molar-refractivity contribution in [3.05, 3.63) is 12.7 Å². The quantitative estimate of drug-likeness (QED) is 0.613. The highest BCUT2D eigenvalue weighted by atomic mass is 16.4. The van der Waals surface area contributed by atoms with Crippen LogP contribution in [0.4, 0.5) is 4.79 Å². The number of aliphatic hydroxyl groups is 1. The smallest absolute Gasteiger partial charge is 0.408 e. The predicted octanol–water partition coefficient (Wildman–Crippen LogP) is 0.521. The summed E-state index contributed by atoms with van der Waals surface area (Å²) in [5.41, 5.74) is -1.48. The number of carboxylic acid groups (broad SMARTS) is 2. The van der Waals surface area contributed by atoms with Crippen LogP contribution < -0.4 is 0 Å². The number of piperidine rings is 1. The Kier molecular flexibility index (Phi) is 3.54. The molecule has 0 radical (unpaired) electrons. The molecule has 2 atom stereocenters. The number of aliphatic carboxylic acids is 1. The zero-order chi connectivity index (χ0) is 12.3. The van der Waals surface area contributed by atoms with Crippen LogP contribution in [0.5, 0.6) is 0 Å². The van der Waals surface area contributed by atoms with Gasteiger partial charge in [-0.15, -0.1) is 6.58 Å². The van der Waals surface area contributed by atoms with E-state index in [1.54, 1.807) is 0 Å². The largest absolute Gasteiger partial charge is 0.479 e. The summed E-state index contributed by atoms with van der Waals surface area (Å²) in [4.78, 5) is 23.1. The van der Waals surface area contributed by atoms with Gasteiger partial charge >= 0.3 is 12.1 Å². The van der Waals surface area contributed by atoms with Gasteiger partial charge in [-0.3, -0.25) is 4.90 Å². The summed E-state index contributed by atoms with van der Waals surface area (Å²) in [5, 5.41) is 27.6. The van der Waals surface area contributed by atoms with Crippen LogP contribution >= 0.6 is 0 Å². The van der Waals surface area contributed by atoms with Gasteiger partial charge in [-0.25, -0.2) is 9.59 Å². The van der Waals surface area contributed by atoms with Crippen LogP contribution in [0.1, 0.15) is 19.3 Å². The molecular formula is C10H15NO5. The number of rotatable bonds is 3. The highest BCUT2D eigenvalue weighted by Gasteiger charge is 2.49. The van der Waals surface area contributed by atoms with Gasteiger partial charge in [0, 0.05) is 0 Å². The van der Waals surface area contributed by atoms with Crippen molar-refractivity contribution in [1.29, 1.82) is 0 Å². The van der Waals surface area contributed by atoms with E-state index in [2.05, 4.69) is 6.58 Å². The molecule has 0 aromatic heterocycles. The number of hydrogen-bond donors (Lipinski definition) is 3. The Labute approximate surface area is 92.8 Å². The average Bonchev–Trinajstić information content (AvgIpc) is 2.20. The normalized spacial score (nSPS) is 29.8. The molecule has 1 aliphatic rings. The van der Waals surface area contributed by atoms with Gasteiger partial charge in [0.25, 0.3) is 0 Å². The minimum absolute atomic E-state index is 0.0430. The van der Waals surface area contributed by atoms with E-state index in [9.17, 15) is 19.8 Å². The zero-order valence-corrected chi connectivity index (χ0v) is 8.80. The average molecular weight is 229 g/mol. The van der Waals surface area contributed by atoms with Gasteiger partial charge in [-0.05, 0) is 19.3 Å². The topological polar surface area (TPSA) is 98.1 Å².